The first-order chi connectivity index (χ1) is 9.32. The van der Waals surface area contributed by atoms with E-state index in [9.17, 15) is 13.5 Å². The van der Waals surface area contributed by atoms with Crippen LogP contribution in [0, 0.1) is 0 Å². The Morgan fingerprint density at radius 3 is 2.60 bits per heavy atom. The van der Waals surface area contributed by atoms with Crippen LogP contribution in [-0.2, 0) is 10.0 Å². The first-order valence-corrected chi connectivity index (χ1v) is 8.46. The van der Waals surface area contributed by atoms with E-state index < -0.39 is 15.6 Å². The van der Waals surface area contributed by atoms with Gasteiger partial charge < -0.3 is 10.8 Å². The molecular weight excluding hydrogens is 300 g/mol. The van der Waals surface area contributed by atoms with Crippen LogP contribution in [0.2, 0.25) is 5.02 Å². The molecule has 0 unspecified atom stereocenters. The molecule has 0 spiro atoms. The van der Waals surface area contributed by atoms with Crippen molar-refractivity contribution in [3.8, 4) is 0 Å². The standard InChI is InChI=1S/C13H19ClN2O3S/c14-10-4-5-11(15)12(8-10)20(18,19)16-9-13(17)6-2-1-3-7-13/h4-5,8,16-17H,1-3,6-7,9,15H2. The molecule has 112 valence electrons. The Balaban J connectivity index is 2.13. The van der Waals surface area contributed by atoms with Crippen molar-refractivity contribution >= 4 is 27.3 Å². The predicted octanol–water partition coefficient (Wildman–Crippen LogP) is 1.90. The third-order valence-electron chi connectivity index (χ3n) is 3.64. The highest BCUT2D eigenvalue weighted by atomic mass is 35.5. The van der Waals surface area contributed by atoms with E-state index in [1.807, 2.05) is 0 Å². The van der Waals surface area contributed by atoms with Gasteiger partial charge in [0.05, 0.1) is 11.3 Å². The maximum absolute atomic E-state index is 12.2. The van der Waals surface area contributed by atoms with E-state index in [4.69, 9.17) is 17.3 Å². The molecule has 4 N–H and O–H groups in total. The van der Waals surface area contributed by atoms with Crippen LogP contribution in [0.3, 0.4) is 0 Å². The van der Waals surface area contributed by atoms with Crippen LogP contribution < -0.4 is 10.5 Å². The van der Waals surface area contributed by atoms with Crippen molar-refractivity contribution in [3.05, 3.63) is 23.2 Å². The van der Waals surface area contributed by atoms with Crippen molar-refractivity contribution in [1.82, 2.24) is 4.72 Å². The molecule has 1 aromatic rings. The maximum atomic E-state index is 12.2. The van der Waals surface area contributed by atoms with Gasteiger partial charge in [-0.25, -0.2) is 13.1 Å². The molecule has 1 saturated carbocycles. The smallest absolute Gasteiger partial charge is 0.242 e. The van der Waals surface area contributed by atoms with E-state index in [0.717, 1.165) is 19.3 Å². The van der Waals surface area contributed by atoms with Crippen LogP contribution in [0.5, 0.6) is 0 Å². The van der Waals surface area contributed by atoms with Crippen LogP contribution in [0.15, 0.2) is 23.1 Å². The van der Waals surface area contributed by atoms with Gasteiger partial charge in [-0.15, -0.1) is 0 Å². The molecule has 20 heavy (non-hydrogen) atoms. The molecule has 0 saturated heterocycles. The fourth-order valence-electron chi connectivity index (χ4n) is 2.43. The summed E-state index contributed by atoms with van der Waals surface area (Å²) < 4.78 is 26.9. The molecule has 5 nitrogen and oxygen atoms in total. The lowest BCUT2D eigenvalue weighted by atomic mass is 9.85. The first kappa shape index (κ1) is 15.6. The molecule has 0 atom stereocenters. The van der Waals surface area contributed by atoms with Crippen LogP contribution >= 0.6 is 11.6 Å². The number of halogens is 1. The normalized spacial score (nSPS) is 18.9. The molecule has 0 aliphatic heterocycles. The quantitative estimate of drug-likeness (QED) is 0.739. The van der Waals surface area contributed by atoms with Gasteiger partial charge in [0.1, 0.15) is 4.90 Å². The largest absolute Gasteiger partial charge is 0.398 e. The molecule has 0 amide bonds. The summed E-state index contributed by atoms with van der Waals surface area (Å²) in [5.74, 6) is 0. The number of hydrogen-bond donors (Lipinski definition) is 3. The zero-order valence-corrected chi connectivity index (χ0v) is 12.7. The topological polar surface area (TPSA) is 92.4 Å². The predicted molar refractivity (Wildman–Crippen MR) is 79.1 cm³/mol. The summed E-state index contributed by atoms with van der Waals surface area (Å²) in [5.41, 5.74) is 4.85. The number of benzene rings is 1. The summed E-state index contributed by atoms with van der Waals surface area (Å²) in [7, 11) is -3.77. The SMILES string of the molecule is Nc1ccc(Cl)cc1S(=O)(=O)NCC1(O)CCCCC1. The lowest BCUT2D eigenvalue weighted by Gasteiger charge is -2.32. The third kappa shape index (κ3) is 3.63. The molecule has 2 rings (SSSR count). The maximum Gasteiger partial charge on any atom is 0.242 e. The molecule has 0 heterocycles. The lowest BCUT2D eigenvalue weighted by molar-refractivity contribution is 0.00946. The number of nitrogen functional groups attached to an aromatic ring is 1. The van der Waals surface area contributed by atoms with Crippen molar-refractivity contribution in [1.29, 1.82) is 0 Å². The Hall–Kier alpha value is -0.820. The van der Waals surface area contributed by atoms with Gasteiger partial charge in [-0.05, 0) is 31.0 Å². The third-order valence-corrected chi connectivity index (χ3v) is 5.33. The number of nitrogens with two attached hydrogens (primary N) is 1. The Bertz CT molecular complexity index is 583. The minimum atomic E-state index is -3.77. The molecule has 1 aromatic carbocycles. The Labute approximate surface area is 124 Å². The van der Waals surface area contributed by atoms with Gasteiger partial charge >= 0.3 is 0 Å². The molecule has 7 heteroatoms. The van der Waals surface area contributed by atoms with Gasteiger partial charge in [0.25, 0.3) is 0 Å². The number of rotatable bonds is 4. The van der Waals surface area contributed by atoms with Crippen LogP contribution in [0.4, 0.5) is 5.69 Å². The van der Waals surface area contributed by atoms with Gasteiger partial charge in [-0.1, -0.05) is 30.9 Å². The molecule has 1 fully saturated rings. The van der Waals surface area contributed by atoms with Crippen molar-refractivity contribution in [2.24, 2.45) is 0 Å². The minimum absolute atomic E-state index is 0.00128. The zero-order chi connectivity index (χ0) is 14.8. The van der Waals surface area contributed by atoms with Gasteiger partial charge in [-0.3, -0.25) is 0 Å². The summed E-state index contributed by atoms with van der Waals surface area (Å²) >= 11 is 5.80. The second-order valence-corrected chi connectivity index (χ2v) is 7.46. The van der Waals surface area contributed by atoms with Crippen molar-refractivity contribution in [2.75, 3.05) is 12.3 Å². The zero-order valence-electron chi connectivity index (χ0n) is 11.1. The summed E-state index contributed by atoms with van der Waals surface area (Å²) in [6.45, 7) is 0.00128. The highest BCUT2D eigenvalue weighted by molar-refractivity contribution is 7.89. The average molecular weight is 319 g/mol. The second-order valence-electron chi connectivity index (χ2n) is 5.29. The summed E-state index contributed by atoms with van der Waals surface area (Å²) in [4.78, 5) is -0.0515. The number of hydrogen-bond acceptors (Lipinski definition) is 4. The first-order valence-electron chi connectivity index (χ1n) is 6.60. The lowest BCUT2D eigenvalue weighted by Crippen LogP contribution is -2.44. The molecule has 1 aliphatic rings. The van der Waals surface area contributed by atoms with Crippen molar-refractivity contribution in [2.45, 2.75) is 42.6 Å². The van der Waals surface area contributed by atoms with Gasteiger partial charge in [-0.2, -0.15) is 0 Å². The Morgan fingerprint density at radius 2 is 1.95 bits per heavy atom. The van der Waals surface area contributed by atoms with Gasteiger partial charge in [0.15, 0.2) is 0 Å². The molecule has 0 bridgehead atoms. The monoisotopic (exact) mass is 318 g/mol. The van der Waals surface area contributed by atoms with Crippen molar-refractivity contribution in [3.63, 3.8) is 0 Å². The summed E-state index contributed by atoms with van der Waals surface area (Å²) in [5, 5.41) is 10.6. The van der Waals surface area contributed by atoms with E-state index in [1.54, 1.807) is 0 Å². The Kier molecular flexibility index (Phi) is 4.59. The van der Waals surface area contributed by atoms with E-state index in [1.165, 1.54) is 18.2 Å². The molecule has 0 radical (unpaired) electrons. The van der Waals surface area contributed by atoms with Gasteiger partial charge in [0, 0.05) is 11.6 Å². The number of nitrogens with one attached hydrogen (secondary N) is 1. The average Bonchev–Trinajstić information content (AvgIpc) is 2.40. The number of sulfonamides is 1. The Morgan fingerprint density at radius 1 is 1.30 bits per heavy atom. The van der Waals surface area contributed by atoms with Crippen LogP contribution in [0.25, 0.3) is 0 Å². The number of anilines is 1. The van der Waals surface area contributed by atoms with E-state index in [0.29, 0.717) is 17.9 Å². The minimum Gasteiger partial charge on any atom is -0.398 e. The van der Waals surface area contributed by atoms with E-state index >= 15 is 0 Å². The fraction of sp³-hybridized carbons (Fsp3) is 0.538. The number of aliphatic hydroxyl groups is 1. The highest BCUT2D eigenvalue weighted by Crippen LogP contribution is 2.28. The molecular formula is C13H19ClN2O3S. The van der Waals surface area contributed by atoms with Crippen molar-refractivity contribution < 1.29 is 13.5 Å². The fourth-order valence-corrected chi connectivity index (χ4v) is 3.95. The second kappa shape index (κ2) is 5.89. The van der Waals surface area contributed by atoms with E-state index in [2.05, 4.69) is 4.72 Å². The van der Waals surface area contributed by atoms with Crippen LogP contribution in [-0.4, -0.2) is 25.7 Å². The van der Waals surface area contributed by atoms with Gasteiger partial charge in [0.2, 0.25) is 10.0 Å². The summed E-state index contributed by atoms with van der Waals surface area (Å²) in [6.07, 6.45) is 4.13. The molecule has 0 aromatic heterocycles. The molecule has 1 aliphatic carbocycles. The summed E-state index contributed by atoms with van der Waals surface area (Å²) in [6, 6.07) is 4.29. The van der Waals surface area contributed by atoms with Crippen LogP contribution in [0.1, 0.15) is 32.1 Å². The highest BCUT2D eigenvalue weighted by Gasteiger charge is 2.31. The van der Waals surface area contributed by atoms with E-state index in [-0.39, 0.29) is 17.1 Å².